The third kappa shape index (κ3) is 5.40. The highest BCUT2D eigenvalue weighted by Gasteiger charge is 2.28. The summed E-state index contributed by atoms with van der Waals surface area (Å²) < 4.78 is 75.1. The third-order valence-electron chi connectivity index (χ3n) is 3.58. The maximum absolute atomic E-state index is 13.4. The van der Waals surface area contributed by atoms with Crippen LogP contribution in [0.3, 0.4) is 0 Å². The van der Waals surface area contributed by atoms with E-state index in [0.29, 0.717) is 6.42 Å². The molecule has 0 amide bonds. The van der Waals surface area contributed by atoms with Gasteiger partial charge < -0.3 is 9.47 Å². The van der Waals surface area contributed by atoms with Crippen molar-refractivity contribution >= 4 is 11.9 Å². The molecule has 1 rings (SSSR count). The molecule has 0 saturated heterocycles. The molecule has 1 aromatic carbocycles. The average Bonchev–Trinajstić information content (AvgIpc) is 2.59. The Kier molecular flexibility index (Phi) is 7.98. The van der Waals surface area contributed by atoms with Gasteiger partial charge in [0, 0.05) is 12.8 Å². The quantitative estimate of drug-likeness (QED) is 0.219. The molecule has 1 aromatic rings. The summed E-state index contributed by atoms with van der Waals surface area (Å²) >= 11 is 0. The minimum absolute atomic E-state index is 0.0679. The second-order valence-electron chi connectivity index (χ2n) is 5.91. The number of ether oxygens (including phenoxy) is 2. The molecule has 0 N–H and O–H groups in total. The summed E-state index contributed by atoms with van der Waals surface area (Å²) in [6.07, 6.45) is -0.349. The maximum Gasteiger partial charge on any atom is 0.311 e. The largest absolute Gasteiger partial charge is 0.462 e. The van der Waals surface area contributed by atoms with Crippen molar-refractivity contribution in [3.8, 4) is 5.75 Å². The second-order valence-corrected chi connectivity index (χ2v) is 5.91. The van der Waals surface area contributed by atoms with E-state index in [2.05, 4.69) is 4.74 Å². The number of carbonyl (C=O) groups is 2. The van der Waals surface area contributed by atoms with Crippen LogP contribution in [0.1, 0.15) is 46.5 Å². The van der Waals surface area contributed by atoms with Gasteiger partial charge in [0.2, 0.25) is 34.8 Å². The molecule has 0 fully saturated rings. The first kappa shape index (κ1) is 21.9. The summed E-state index contributed by atoms with van der Waals surface area (Å²) in [4.78, 5) is 23.2. The van der Waals surface area contributed by atoms with Crippen molar-refractivity contribution in [2.45, 2.75) is 52.6 Å². The summed E-state index contributed by atoms with van der Waals surface area (Å²) in [5.74, 6) is -14.6. The van der Waals surface area contributed by atoms with Crippen LogP contribution >= 0.6 is 0 Å². The molecular formula is C17H19F5O4. The van der Waals surface area contributed by atoms with Crippen LogP contribution < -0.4 is 4.74 Å². The van der Waals surface area contributed by atoms with Crippen LogP contribution in [0.4, 0.5) is 22.0 Å². The summed E-state index contributed by atoms with van der Waals surface area (Å²) in [5.41, 5.74) is 0. The predicted octanol–water partition coefficient (Wildman–Crippen LogP) is 4.44. The van der Waals surface area contributed by atoms with Crippen molar-refractivity contribution in [2.24, 2.45) is 5.92 Å². The fourth-order valence-electron chi connectivity index (χ4n) is 2.13. The third-order valence-corrected chi connectivity index (χ3v) is 3.58. The molecule has 146 valence electrons. The predicted molar refractivity (Wildman–Crippen MR) is 80.7 cm³/mol. The van der Waals surface area contributed by atoms with Crippen LogP contribution in [-0.4, -0.2) is 18.0 Å². The summed E-state index contributed by atoms with van der Waals surface area (Å²) in [7, 11) is 0. The van der Waals surface area contributed by atoms with E-state index in [-0.39, 0.29) is 24.9 Å². The first-order chi connectivity index (χ1) is 12.1. The van der Waals surface area contributed by atoms with Crippen LogP contribution in [0.5, 0.6) is 5.75 Å². The standard InChI is InChI=1S/C17H19F5O4/c1-4-9(8(2)3)25-10(23)6-5-7-11(24)26-17-15(21)13(19)12(18)14(20)16(17)22/h8-9H,4-7H2,1-3H3. The van der Waals surface area contributed by atoms with Gasteiger partial charge in [-0.1, -0.05) is 20.8 Å². The molecule has 0 heterocycles. The molecule has 0 aliphatic carbocycles. The molecule has 4 nitrogen and oxygen atoms in total. The van der Waals surface area contributed by atoms with E-state index in [1.54, 1.807) is 0 Å². The number of rotatable bonds is 8. The van der Waals surface area contributed by atoms with Gasteiger partial charge >= 0.3 is 11.9 Å². The van der Waals surface area contributed by atoms with Crippen LogP contribution in [0, 0.1) is 35.0 Å². The van der Waals surface area contributed by atoms with E-state index in [9.17, 15) is 31.5 Å². The molecule has 26 heavy (non-hydrogen) atoms. The maximum atomic E-state index is 13.4. The Morgan fingerprint density at radius 2 is 1.31 bits per heavy atom. The zero-order chi connectivity index (χ0) is 20.0. The Bertz CT molecular complexity index is 647. The minimum Gasteiger partial charge on any atom is -0.462 e. The summed E-state index contributed by atoms with van der Waals surface area (Å²) in [6.45, 7) is 5.60. The minimum atomic E-state index is -2.35. The van der Waals surface area contributed by atoms with Crippen LogP contribution in [0.2, 0.25) is 0 Å². The highest BCUT2D eigenvalue weighted by Crippen LogP contribution is 2.29. The van der Waals surface area contributed by atoms with Crippen molar-refractivity contribution in [2.75, 3.05) is 0 Å². The number of halogens is 5. The van der Waals surface area contributed by atoms with Crippen molar-refractivity contribution in [1.82, 2.24) is 0 Å². The number of benzene rings is 1. The number of carbonyl (C=O) groups excluding carboxylic acids is 2. The molecule has 1 unspecified atom stereocenters. The molecule has 0 spiro atoms. The summed E-state index contributed by atoms with van der Waals surface area (Å²) in [5, 5.41) is 0. The molecule has 0 radical (unpaired) electrons. The van der Waals surface area contributed by atoms with Crippen LogP contribution in [0.15, 0.2) is 0 Å². The lowest BCUT2D eigenvalue weighted by Crippen LogP contribution is -2.23. The smallest absolute Gasteiger partial charge is 0.311 e. The molecule has 1 atom stereocenters. The van der Waals surface area contributed by atoms with Gasteiger partial charge in [0.05, 0.1) is 0 Å². The van der Waals surface area contributed by atoms with Crippen LogP contribution in [-0.2, 0) is 14.3 Å². The molecule has 0 aliphatic heterocycles. The van der Waals surface area contributed by atoms with Gasteiger partial charge in [-0.25, -0.2) is 13.2 Å². The lowest BCUT2D eigenvalue weighted by Gasteiger charge is -2.19. The van der Waals surface area contributed by atoms with E-state index < -0.39 is 53.2 Å². The zero-order valence-electron chi connectivity index (χ0n) is 14.5. The monoisotopic (exact) mass is 382 g/mol. The van der Waals surface area contributed by atoms with Gasteiger partial charge in [-0.2, -0.15) is 8.78 Å². The molecule has 0 aliphatic rings. The highest BCUT2D eigenvalue weighted by atomic mass is 19.2. The van der Waals surface area contributed by atoms with Crippen molar-refractivity contribution < 1.29 is 41.0 Å². The second kappa shape index (κ2) is 9.49. The van der Waals surface area contributed by atoms with E-state index >= 15 is 0 Å². The Morgan fingerprint density at radius 1 is 0.846 bits per heavy atom. The first-order valence-corrected chi connectivity index (χ1v) is 8.01. The van der Waals surface area contributed by atoms with E-state index in [1.807, 2.05) is 20.8 Å². The molecule has 0 aromatic heterocycles. The Labute approximate surface area is 147 Å². The molecule has 0 saturated carbocycles. The highest BCUT2D eigenvalue weighted by molar-refractivity contribution is 5.74. The average molecular weight is 382 g/mol. The molecule has 0 bridgehead atoms. The molecular weight excluding hydrogens is 363 g/mol. The van der Waals surface area contributed by atoms with Gasteiger partial charge in [-0.05, 0) is 18.8 Å². The number of hydrogen-bond acceptors (Lipinski definition) is 4. The van der Waals surface area contributed by atoms with Gasteiger partial charge in [0.15, 0.2) is 0 Å². The van der Waals surface area contributed by atoms with E-state index in [1.165, 1.54) is 0 Å². The fraction of sp³-hybridized carbons (Fsp3) is 0.529. The SMILES string of the molecule is CCC(OC(=O)CCCC(=O)Oc1c(F)c(F)c(F)c(F)c1F)C(C)C. The normalized spacial score (nSPS) is 12.2. The molecule has 9 heteroatoms. The summed E-state index contributed by atoms with van der Waals surface area (Å²) in [6, 6.07) is 0. The van der Waals surface area contributed by atoms with Crippen molar-refractivity contribution in [3.63, 3.8) is 0 Å². The van der Waals surface area contributed by atoms with Gasteiger partial charge in [0.1, 0.15) is 6.10 Å². The van der Waals surface area contributed by atoms with E-state index in [4.69, 9.17) is 4.74 Å². The van der Waals surface area contributed by atoms with Gasteiger partial charge in [-0.15, -0.1) is 0 Å². The Balaban J connectivity index is 2.60. The number of hydrogen-bond donors (Lipinski definition) is 0. The van der Waals surface area contributed by atoms with Gasteiger partial charge in [0.25, 0.3) is 0 Å². The number of esters is 2. The topological polar surface area (TPSA) is 52.6 Å². The van der Waals surface area contributed by atoms with Gasteiger partial charge in [-0.3, -0.25) is 9.59 Å². The van der Waals surface area contributed by atoms with Crippen molar-refractivity contribution in [3.05, 3.63) is 29.1 Å². The lowest BCUT2D eigenvalue weighted by atomic mass is 10.1. The Morgan fingerprint density at radius 3 is 1.77 bits per heavy atom. The lowest BCUT2D eigenvalue weighted by molar-refractivity contribution is -0.151. The zero-order valence-corrected chi connectivity index (χ0v) is 14.5. The first-order valence-electron chi connectivity index (χ1n) is 8.01. The van der Waals surface area contributed by atoms with Crippen LogP contribution in [0.25, 0.3) is 0 Å². The van der Waals surface area contributed by atoms with Crippen molar-refractivity contribution in [1.29, 1.82) is 0 Å². The Hall–Kier alpha value is -2.19. The fourth-order valence-corrected chi connectivity index (χ4v) is 2.13. The van der Waals surface area contributed by atoms with E-state index in [0.717, 1.165) is 0 Å².